The predicted octanol–water partition coefficient (Wildman–Crippen LogP) is 3.34. The average molecular weight is 228 g/mol. The Balaban J connectivity index is 1.59. The molecule has 2 nitrogen and oxygen atoms in total. The fraction of sp³-hybridized carbons (Fsp3) is 0.467. The molecular weight excluding hydrogens is 212 g/mol. The van der Waals surface area contributed by atoms with Gasteiger partial charge >= 0.3 is 0 Å². The van der Waals surface area contributed by atoms with E-state index in [9.17, 15) is 0 Å². The second kappa shape index (κ2) is 3.06. The summed E-state index contributed by atoms with van der Waals surface area (Å²) in [5.74, 6) is 0.415. The normalized spacial score (nSPS) is 36.1. The van der Waals surface area contributed by atoms with Crippen LogP contribution in [0.15, 0.2) is 42.9 Å². The molecule has 2 unspecified atom stereocenters. The first-order chi connectivity index (χ1) is 8.33. The van der Waals surface area contributed by atoms with Gasteiger partial charge in [0.05, 0.1) is 0 Å². The van der Waals surface area contributed by atoms with Crippen LogP contribution < -0.4 is 0 Å². The lowest BCUT2D eigenvalue weighted by Crippen LogP contribution is -2.36. The molecular formula is C15H16O2. The number of fused-ring (bicyclic) bond motifs is 1. The van der Waals surface area contributed by atoms with Crippen LogP contribution in [-0.4, -0.2) is 5.79 Å². The van der Waals surface area contributed by atoms with Crippen molar-refractivity contribution in [3.63, 3.8) is 0 Å². The SMILES string of the molecule is C1=COC2(CCC3(c4ccccc4)CC3C2)O1. The van der Waals surface area contributed by atoms with Crippen molar-refractivity contribution in [1.29, 1.82) is 0 Å². The molecule has 0 bridgehead atoms. The minimum atomic E-state index is -0.320. The summed E-state index contributed by atoms with van der Waals surface area (Å²) < 4.78 is 11.3. The molecule has 17 heavy (non-hydrogen) atoms. The zero-order chi connectivity index (χ0) is 11.3. The zero-order valence-corrected chi connectivity index (χ0v) is 9.76. The van der Waals surface area contributed by atoms with E-state index in [2.05, 4.69) is 30.3 Å². The van der Waals surface area contributed by atoms with Crippen molar-refractivity contribution in [1.82, 2.24) is 0 Å². The molecule has 0 saturated heterocycles. The smallest absolute Gasteiger partial charge is 0.250 e. The summed E-state index contributed by atoms with van der Waals surface area (Å²) in [4.78, 5) is 0. The second-order valence-corrected chi connectivity index (χ2v) is 5.55. The molecule has 0 N–H and O–H groups in total. The summed E-state index contributed by atoms with van der Waals surface area (Å²) in [6.07, 6.45) is 7.91. The van der Waals surface area contributed by atoms with E-state index in [0.29, 0.717) is 5.41 Å². The van der Waals surface area contributed by atoms with Crippen molar-refractivity contribution in [2.24, 2.45) is 5.92 Å². The van der Waals surface area contributed by atoms with Gasteiger partial charge in [-0.1, -0.05) is 30.3 Å². The Kier molecular flexibility index (Phi) is 1.73. The van der Waals surface area contributed by atoms with E-state index in [1.165, 1.54) is 18.4 Å². The molecule has 0 aromatic heterocycles. The van der Waals surface area contributed by atoms with Crippen molar-refractivity contribution < 1.29 is 9.47 Å². The maximum absolute atomic E-state index is 5.66. The fourth-order valence-corrected chi connectivity index (χ4v) is 3.66. The molecule has 0 radical (unpaired) electrons. The van der Waals surface area contributed by atoms with Gasteiger partial charge in [-0.3, -0.25) is 0 Å². The highest BCUT2D eigenvalue weighted by Gasteiger charge is 2.62. The van der Waals surface area contributed by atoms with Crippen LogP contribution in [-0.2, 0) is 14.9 Å². The molecule has 1 heterocycles. The van der Waals surface area contributed by atoms with Crippen LogP contribution in [0.25, 0.3) is 0 Å². The maximum Gasteiger partial charge on any atom is 0.250 e. The zero-order valence-electron chi connectivity index (χ0n) is 9.76. The first kappa shape index (κ1) is 9.58. The van der Waals surface area contributed by atoms with Gasteiger partial charge in [0.25, 0.3) is 0 Å². The van der Waals surface area contributed by atoms with E-state index < -0.39 is 0 Å². The Bertz CT molecular complexity index is 457. The van der Waals surface area contributed by atoms with Gasteiger partial charge in [0.15, 0.2) is 0 Å². The van der Waals surface area contributed by atoms with Gasteiger partial charge in [0, 0.05) is 12.8 Å². The van der Waals surface area contributed by atoms with Crippen molar-refractivity contribution in [2.45, 2.75) is 36.9 Å². The predicted molar refractivity (Wildman–Crippen MR) is 64.1 cm³/mol. The largest absolute Gasteiger partial charge is 0.457 e. The highest BCUT2D eigenvalue weighted by molar-refractivity contribution is 5.35. The second-order valence-electron chi connectivity index (χ2n) is 5.55. The third kappa shape index (κ3) is 1.27. The summed E-state index contributed by atoms with van der Waals surface area (Å²) in [7, 11) is 0. The van der Waals surface area contributed by atoms with Crippen molar-refractivity contribution in [3.05, 3.63) is 48.4 Å². The molecule has 88 valence electrons. The molecule has 2 saturated carbocycles. The van der Waals surface area contributed by atoms with Crippen LogP contribution in [0.4, 0.5) is 0 Å². The Hall–Kier alpha value is -1.44. The molecule has 1 aromatic rings. The van der Waals surface area contributed by atoms with Crippen molar-refractivity contribution in [3.8, 4) is 0 Å². The first-order valence-electron chi connectivity index (χ1n) is 6.39. The van der Waals surface area contributed by atoms with Gasteiger partial charge < -0.3 is 9.47 Å². The topological polar surface area (TPSA) is 18.5 Å². The van der Waals surface area contributed by atoms with Gasteiger partial charge in [-0.15, -0.1) is 0 Å². The minimum absolute atomic E-state index is 0.320. The van der Waals surface area contributed by atoms with Crippen LogP contribution >= 0.6 is 0 Å². The minimum Gasteiger partial charge on any atom is -0.457 e. The highest BCUT2D eigenvalue weighted by atomic mass is 16.7. The third-order valence-corrected chi connectivity index (χ3v) is 4.71. The molecule has 3 aliphatic rings. The molecule has 0 amide bonds. The average Bonchev–Trinajstić information content (AvgIpc) is 2.94. The highest BCUT2D eigenvalue weighted by Crippen LogP contribution is 2.65. The van der Waals surface area contributed by atoms with Gasteiger partial charge in [-0.05, 0) is 29.7 Å². The molecule has 1 spiro atoms. The van der Waals surface area contributed by atoms with Crippen LogP contribution in [0.3, 0.4) is 0 Å². The third-order valence-electron chi connectivity index (χ3n) is 4.71. The Morgan fingerprint density at radius 2 is 1.71 bits per heavy atom. The molecule has 1 aromatic carbocycles. The van der Waals surface area contributed by atoms with E-state index in [1.807, 2.05) is 0 Å². The van der Waals surface area contributed by atoms with E-state index in [1.54, 1.807) is 12.5 Å². The van der Waals surface area contributed by atoms with Crippen LogP contribution in [0.2, 0.25) is 0 Å². The van der Waals surface area contributed by atoms with E-state index in [4.69, 9.17) is 9.47 Å². The first-order valence-corrected chi connectivity index (χ1v) is 6.39. The van der Waals surface area contributed by atoms with Gasteiger partial charge in [0.2, 0.25) is 5.79 Å². The Morgan fingerprint density at radius 3 is 2.41 bits per heavy atom. The molecule has 1 aliphatic heterocycles. The standard InChI is InChI=1S/C15H16O2/c1-2-4-12(5-3-1)14-6-7-15(11-13(14)10-14)16-8-9-17-15/h1-5,8-9,13H,6-7,10-11H2. The number of benzene rings is 1. The molecule has 2 aliphatic carbocycles. The maximum atomic E-state index is 5.66. The number of ether oxygens (including phenoxy) is 2. The van der Waals surface area contributed by atoms with Crippen molar-refractivity contribution >= 4 is 0 Å². The number of rotatable bonds is 1. The lowest BCUT2D eigenvalue weighted by Gasteiger charge is -2.35. The lowest BCUT2D eigenvalue weighted by molar-refractivity contribution is -0.166. The molecule has 2 atom stereocenters. The van der Waals surface area contributed by atoms with Gasteiger partial charge in [-0.2, -0.15) is 0 Å². The van der Waals surface area contributed by atoms with Gasteiger partial charge in [0.1, 0.15) is 12.5 Å². The number of hydrogen-bond acceptors (Lipinski definition) is 2. The monoisotopic (exact) mass is 228 g/mol. The summed E-state index contributed by atoms with van der Waals surface area (Å²) in [5.41, 5.74) is 1.94. The van der Waals surface area contributed by atoms with E-state index >= 15 is 0 Å². The Labute approximate surface area is 101 Å². The summed E-state index contributed by atoms with van der Waals surface area (Å²) in [5, 5.41) is 0. The molecule has 2 fully saturated rings. The number of hydrogen-bond donors (Lipinski definition) is 0. The summed E-state index contributed by atoms with van der Waals surface area (Å²) >= 11 is 0. The van der Waals surface area contributed by atoms with Gasteiger partial charge in [-0.25, -0.2) is 0 Å². The molecule has 4 rings (SSSR count). The van der Waals surface area contributed by atoms with E-state index in [0.717, 1.165) is 18.8 Å². The summed E-state index contributed by atoms with van der Waals surface area (Å²) in [6, 6.07) is 10.9. The van der Waals surface area contributed by atoms with Crippen LogP contribution in [0.1, 0.15) is 31.2 Å². The van der Waals surface area contributed by atoms with E-state index in [-0.39, 0.29) is 5.79 Å². The lowest BCUT2D eigenvalue weighted by atomic mass is 9.80. The fourth-order valence-electron chi connectivity index (χ4n) is 3.66. The van der Waals surface area contributed by atoms with Crippen LogP contribution in [0.5, 0.6) is 0 Å². The quantitative estimate of drug-likeness (QED) is 0.734. The van der Waals surface area contributed by atoms with Crippen molar-refractivity contribution in [2.75, 3.05) is 0 Å². The Morgan fingerprint density at radius 1 is 0.941 bits per heavy atom. The van der Waals surface area contributed by atoms with Crippen LogP contribution in [0, 0.1) is 5.92 Å². The molecule has 2 heteroatoms. The summed E-state index contributed by atoms with van der Waals surface area (Å²) in [6.45, 7) is 0.